The normalized spacial score (nSPS) is 13.7. The van der Waals surface area contributed by atoms with Crippen LogP contribution in [0.15, 0.2) is 18.2 Å². The van der Waals surface area contributed by atoms with Crippen molar-refractivity contribution < 1.29 is 17.6 Å². The summed E-state index contributed by atoms with van der Waals surface area (Å²) in [6, 6.07) is 3.78. The number of benzene rings is 1. The lowest BCUT2D eigenvalue weighted by Gasteiger charge is -2.18. The van der Waals surface area contributed by atoms with Gasteiger partial charge in [-0.05, 0) is 32.0 Å². The third-order valence-electron chi connectivity index (χ3n) is 2.70. The molecule has 1 rings (SSSR count). The summed E-state index contributed by atoms with van der Waals surface area (Å²) < 4.78 is 49.9. The molecule has 1 N–H and O–H groups in total. The molecule has 0 aliphatic heterocycles. The standard InChI is InChI=1S/C12H14ClF4N/c1-18-8(5-6-12(15,16)17)7-9-10(13)3-2-4-11(9)14/h2-4,8,18H,5-7H2,1H3. The first-order chi connectivity index (χ1) is 8.33. The molecule has 0 aromatic heterocycles. The lowest BCUT2D eigenvalue weighted by molar-refractivity contribution is -0.136. The number of hydrogen-bond donors (Lipinski definition) is 1. The third kappa shape index (κ3) is 4.82. The molecule has 0 amide bonds. The molecule has 0 saturated heterocycles. The fourth-order valence-electron chi connectivity index (χ4n) is 1.66. The first-order valence-corrected chi connectivity index (χ1v) is 5.88. The topological polar surface area (TPSA) is 12.0 Å². The van der Waals surface area contributed by atoms with Crippen LogP contribution >= 0.6 is 11.6 Å². The van der Waals surface area contributed by atoms with Crippen molar-refractivity contribution in [1.82, 2.24) is 5.32 Å². The summed E-state index contributed by atoms with van der Waals surface area (Å²) in [5.41, 5.74) is 0.251. The molecule has 1 nitrogen and oxygen atoms in total. The van der Waals surface area contributed by atoms with Crippen LogP contribution in [-0.4, -0.2) is 19.3 Å². The molecule has 0 bridgehead atoms. The van der Waals surface area contributed by atoms with E-state index >= 15 is 0 Å². The second kappa shape index (κ2) is 6.38. The molecule has 18 heavy (non-hydrogen) atoms. The number of alkyl halides is 3. The molecular weight excluding hydrogens is 270 g/mol. The Labute approximate surface area is 108 Å². The number of rotatable bonds is 5. The molecule has 0 saturated carbocycles. The molecule has 1 atom stereocenters. The van der Waals surface area contributed by atoms with Gasteiger partial charge in [-0.1, -0.05) is 17.7 Å². The first kappa shape index (κ1) is 15.2. The fourth-order valence-corrected chi connectivity index (χ4v) is 1.90. The van der Waals surface area contributed by atoms with Crippen LogP contribution in [0.25, 0.3) is 0 Å². The van der Waals surface area contributed by atoms with Gasteiger partial charge in [-0.2, -0.15) is 13.2 Å². The van der Waals surface area contributed by atoms with Gasteiger partial charge in [-0.25, -0.2) is 4.39 Å². The second-order valence-electron chi connectivity index (χ2n) is 4.04. The second-order valence-corrected chi connectivity index (χ2v) is 4.45. The quantitative estimate of drug-likeness (QED) is 0.807. The minimum atomic E-state index is -4.20. The van der Waals surface area contributed by atoms with Crippen LogP contribution in [-0.2, 0) is 6.42 Å². The Morgan fingerprint density at radius 1 is 1.33 bits per heavy atom. The van der Waals surface area contributed by atoms with Gasteiger partial charge in [0.05, 0.1) is 0 Å². The molecule has 0 aliphatic carbocycles. The SMILES string of the molecule is CNC(CCC(F)(F)F)Cc1c(F)cccc1Cl. The lowest BCUT2D eigenvalue weighted by atomic mass is 10.0. The van der Waals surface area contributed by atoms with Gasteiger partial charge in [0.25, 0.3) is 0 Å². The Morgan fingerprint density at radius 3 is 2.50 bits per heavy atom. The summed E-state index contributed by atoms with van der Waals surface area (Å²) in [5, 5.41) is 2.99. The van der Waals surface area contributed by atoms with Crippen molar-refractivity contribution in [3.05, 3.63) is 34.6 Å². The highest BCUT2D eigenvalue weighted by atomic mass is 35.5. The highest BCUT2D eigenvalue weighted by Crippen LogP contribution is 2.25. The van der Waals surface area contributed by atoms with E-state index in [1.165, 1.54) is 18.2 Å². The van der Waals surface area contributed by atoms with Gasteiger partial charge in [-0.15, -0.1) is 0 Å². The number of nitrogens with one attached hydrogen (secondary N) is 1. The van der Waals surface area contributed by atoms with Crippen molar-refractivity contribution in [1.29, 1.82) is 0 Å². The Kier molecular flexibility index (Phi) is 5.41. The summed E-state index contributed by atoms with van der Waals surface area (Å²) in [7, 11) is 1.55. The van der Waals surface area contributed by atoms with Crippen LogP contribution < -0.4 is 5.32 Å². The zero-order valence-corrected chi connectivity index (χ0v) is 10.6. The highest BCUT2D eigenvalue weighted by Gasteiger charge is 2.28. The summed E-state index contributed by atoms with van der Waals surface area (Å²) in [6.45, 7) is 0. The maximum absolute atomic E-state index is 13.5. The molecule has 0 heterocycles. The fraction of sp³-hybridized carbons (Fsp3) is 0.500. The average molecular weight is 284 g/mol. The summed E-state index contributed by atoms with van der Waals surface area (Å²) in [4.78, 5) is 0. The summed E-state index contributed by atoms with van der Waals surface area (Å²) in [6.07, 6.45) is -5.07. The maximum atomic E-state index is 13.5. The van der Waals surface area contributed by atoms with Gasteiger partial charge in [0, 0.05) is 23.0 Å². The first-order valence-electron chi connectivity index (χ1n) is 5.50. The van der Waals surface area contributed by atoms with E-state index in [9.17, 15) is 17.6 Å². The Morgan fingerprint density at radius 2 is 2.00 bits per heavy atom. The average Bonchev–Trinajstić information content (AvgIpc) is 2.26. The zero-order valence-electron chi connectivity index (χ0n) is 9.82. The van der Waals surface area contributed by atoms with Gasteiger partial charge >= 0.3 is 6.18 Å². The van der Waals surface area contributed by atoms with E-state index in [2.05, 4.69) is 5.32 Å². The molecule has 0 aliphatic rings. The minimum Gasteiger partial charge on any atom is -0.317 e. The van der Waals surface area contributed by atoms with E-state index in [1.54, 1.807) is 7.05 Å². The number of hydrogen-bond acceptors (Lipinski definition) is 1. The smallest absolute Gasteiger partial charge is 0.317 e. The van der Waals surface area contributed by atoms with Crippen LogP contribution in [0.4, 0.5) is 17.6 Å². The molecule has 0 fully saturated rings. The zero-order chi connectivity index (χ0) is 13.8. The minimum absolute atomic E-state index is 0.106. The number of halogens is 5. The van der Waals surface area contributed by atoms with E-state index in [4.69, 9.17) is 11.6 Å². The van der Waals surface area contributed by atoms with E-state index in [-0.39, 0.29) is 23.4 Å². The summed E-state index contributed by atoms with van der Waals surface area (Å²) in [5.74, 6) is -0.491. The van der Waals surface area contributed by atoms with Crippen molar-refractivity contribution >= 4 is 11.6 Å². The van der Waals surface area contributed by atoms with Crippen LogP contribution in [0, 0.1) is 5.82 Å². The molecule has 1 aromatic carbocycles. The van der Waals surface area contributed by atoms with Gasteiger partial charge in [-0.3, -0.25) is 0 Å². The van der Waals surface area contributed by atoms with Crippen molar-refractivity contribution in [3.63, 3.8) is 0 Å². The van der Waals surface area contributed by atoms with Gasteiger partial charge in [0.15, 0.2) is 0 Å². The van der Waals surface area contributed by atoms with Crippen molar-refractivity contribution in [2.24, 2.45) is 0 Å². The van der Waals surface area contributed by atoms with Crippen LogP contribution in [0.2, 0.25) is 5.02 Å². The molecule has 1 unspecified atom stereocenters. The lowest BCUT2D eigenvalue weighted by Crippen LogP contribution is -2.29. The van der Waals surface area contributed by atoms with Crippen molar-refractivity contribution in [3.8, 4) is 0 Å². The van der Waals surface area contributed by atoms with Crippen LogP contribution in [0.3, 0.4) is 0 Å². The Hall–Kier alpha value is -0.810. The molecule has 102 valence electrons. The molecule has 0 radical (unpaired) electrons. The molecular formula is C12H14ClF4N. The highest BCUT2D eigenvalue weighted by molar-refractivity contribution is 6.31. The van der Waals surface area contributed by atoms with Gasteiger partial charge < -0.3 is 5.32 Å². The summed E-state index contributed by atoms with van der Waals surface area (Å²) >= 11 is 5.83. The molecule has 1 aromatic rings. The van der Waals surface area contributed by atoms with E-state index in [0.29, 0.717) is 0 Å². The third-order valence-corrected chi connectivity index (χ3v) is 3.05. The van der Waals surface area contributed by atoms with Crippen molar-refractivity contribution in [2.45, 2.75) is 31.5 Å². The van der Waals surface area contributed by atoms with Crippen molar-refractivity contribution in [2.75, 3.05) is 7.05 Å². The number of likely N-dealkylation sites (N-methyl/N-ethyl adjacent to an activating group) is 1. The molecule has 6 heteroatoms. The predicted octanol–water partition coefficient (Wildman–Crippen LogP) is 3.95. The van der Waals surface area contributed by atoms with Gasteiger partial charge in [0.1, 0.15) is 5.82 Å². The molecule has 0 spiro atoms. The Balaban J connectivity index is 2.68. The van der Waals surface area contributed by atoms with Gasteiger partial charge in [0.2, 0.25) is 0 Å². The van der Waals surface area contributed by atoms with E-state index in [0.717, 1.165) is 0 Å². The van der Waals surface area contributed by atoms with Crippen LogP contribution in [0.5, 0.6) is 0 Å². The Bertz CT molecular complexity index is 372. The largest absolute Gasteiger partial charge is 0.389 e. The monoisotopic (exact) mass is 283 g/mol. The van der Waals surface area contributed by atoms with Crippen LogP contribution in [0.1, 0.15) is 18.4 Å². The van der Waals surface area contributed by atoms with E-state index in [1.807, 2.05) is 0 Å². The predicted molar refractivity (Wildman–Crippen MR) is 63.3 cm³/mol. The maximum Gasteiger partial charge on any atom is 0.389 e. The van der Waals surface area contributed by atoms with E-state index < -0.39 is 24.5 Å².